The van der Waals surface area contributed by atoms with Crippen LogP contribution in [0.25, 0.3) is 0 Å². The number of anilines is 2. The fourth-order valence-electron chi connectivity index (χ4n) is 2.67. The third kappa shape index (κ3) is 5.51. The smallest absolute Gasteiger partial charge is 0.265 e. The zero-order chi connectivity index (χ0) is 21.5. The zero-order valence-corrected chi connectivity index (χ0v) is 16.6. The van der Waals surface area contributed by atoms with E-state index in [1.165, 1.54) is 6.92 Å². The molecule has 0 saturated heterocycles. The van der Waals surface area contributed by atoms with Crippen molar-refractivity contribution in [3.8, 4) is 5.75 Å². The van der Waals surface area contributed by atoms with Gasteiger partial charge in [0, 0.05) is 34.9 Å². The highest BCUT2D eigenvalue weighted by atomic mass is 16.5. The van der Waals surface area contributed by atoms with Gasteiger partial charge in [-0.15, -0.1) is 0 Å². The maximum atomic E-state index is 12.5. The first kappa shape index (κ1) is 20.7. The van der Waals surface area contributed by atoms with Gasteiger partial charge in [0.15, 0.2) is 11.9 Å². The second-order valence-electron chi connectivity index (χ2n) is 6.60. The summed E-state index contributed by atoms with van der Waals surface area (Å²) in [6.07, 6.45) is 2.29. The van der Waals surface area contributed by atoms with Crippen LogP contribution in [0.3, 0.4) is 0 Å². The van der Waals surface area contributed by atoms with Gasteiger partial charge in [0.25, 0.3) is 11.8 Å². The number of nitrogens with zero attached hydrogens (tertiary/aromatic N) is 1. The third-order valence-electron chi connectivity index (χ3n) is 4.25. The summed E-state index contributed by atoms with van der Waals surface area (Å²) in [6, 6.07) is 16.7. The van der Waals surface area contributed by atoms with Crippen molar-refractivity contribution in [1.29, 1.82) is 0 Å². The van der Waals surface area contributed by atoms with E-state index in [9.17, 15) is 14.4 Å². The van der Waals surface area contributed by atoms with Crippen molar-refractivity contribution >= 4 is 29.0 Å². The Morgan fingerprint density at radius 3 is 2.23 bits per heavy atom. The van der Waals surface area contributed by atoms with Gasteiger partial charge in [0.05, 0.1) is 0 Å². The van der Waals surface area contributed by atoms with Crippen LogP contribution in [0.5, 0.6) is 5.75 Å². The van der Waals surface area contributed by atoms with Gasteiger partial charge in [0.1, 0.15) is 5.75 Å². The van der Waals surface area contributed by atoms with E-state index in [-0.39, 0.29) is 17.6 Å². The predicted octanol–water partition coefficient (Wildman–Crippen LogP) is 3.94. The third-order valence-corrected chi connectivity index (χ3v) is 4.25. The fourth-order valence-corrected chi connectivity index (χ4v) is 2.67. The van der Waals surface area contributed by atoms with Gasteiger partial charge >= 0.3 is 0 Å². The molecule has 2 amide bonds. The Hall–Kier alpha value is -4.00. The number of hydrogen-bond acceptors (Lipinski definition) is 5. The Morgan fingerprint density at radius 2 is 1.53 bits per heavy atom. The molecule has 2 aromatic carbocycles. The molecule has 0 fully saturated rings. The van der Waals surface area contributed by atoms with Crippen molar-refractivity contribution < 1.29 is 19.1 Å². The molecule has 0 bridgehead atoms. The lowest BCUT2D eigenvalue weighted by Gasteiger charge is -2.15. The van der Waals surface area contributed by atoms with E-state index >= 15 is 0 Å². The number of ether oxygens (including phenoxy) is 1. The summed E-state index contributed by atoms with van der Waals surface area (Å²) in [4.78, 5) is 40.1. The minimum Gasteiger partial charge on any atom is -0.481 e. The van der Waals surface area contributed by atoms with Crippen molar-refractivity contribution in [3.05, 3.63) is 84.2 Å². The number of nitrogens with one attached hydrogen (secondary N) is 2. The highest BCUT2D eigenvalue weighted by Gasteiger charge is 2.16. The maximum Gasteiger partial charge on any atom is 0.265 e. The minimum atomic E-state index is -0.790. The van der Waals surface area contributed by atoms with Crippen LogP contribution in [-0.4, -0.2) is 28.7 Å². The molecule has 152 valence electrons. The van der Waals surface area contributed by atoms with Gasteiger partial charge in [-0.3, -0.25) is 19.4 Å². The molecule has 0 aliphatic heterocycles. The van der Waals surface area contributed by atoms with Gasteiger partial charge in [-0.1, -0.05) is 18.2 Å². The molecule has 1 aromatic heterocycles. The standard InChI is InChI=1S/C23H21N3O4/c1-15(27)18-5-3-8-21(13-18)30-16(2)22(28)25-19-6-4-7-20(14-19)26-23(29)17-9-11-24-12-10-17/h3-14,16H,1-2H3,(H,25,28)(H,26,29). The Balaban J connectivity index is 1.62. The van der Waals surface area contributed by atoms with Crippen LogP contribution >= 0.6 is 0 Å². The Bertz CT molecular complexity index is 1070. The zero-order valence-electron chi connectivity index (χ0n) is 16.6. The molecule has 3 rings (SSSR count). The minimum absolute atomic E-state index is 0.0804. The summed E-state index contributed by atoms with van der Waals surface area (Å²) in [5.41, 5.74) is 2.05. The number of Topliss-reactive ketones (excluding diaryl/α,β-unsaturated/α-hetero) is 1. The molecule has 1 atom stereocenters. The quantitative estimate of drug-likeness (QED) is 0.583. The van der Waals surface area contributed by atoms with Gasteiger partial charge in [-0.2, -0.15) is 0 Å². The van der Waals surface area contributed by atoms with Crippen LogP contribution in [0.15, 0.2) is 73.1 Å². The van der Waals surface area contributed by atoms with Gasteiger partial charge in [0.2, 0.25) is 0 Å². The first-order valence-corrected chi connectivity index (χ1v) is 9.32. The lowest BCUT2D eigenvalue weighted by molar-refractivity contribution is -0.122. The second-order valence-corrected chi connectivity index (χ2v) is 6.60. The second kappa shape index (κ2) is 9.47. The Labute approximate surface area is 174 Å². The number of amides is 2. The molecule has 7 nitrogen and oxygen atoms in total. The van der Waals surface area contributed by atoms with Gasteiger partial charge in [-0.05, 0) is 56.3 Å². The summed E-state index contributed by atoms with van der Waals surface area (Å²) in [5.74, 6) is -0.282. The van der Waals surface area contributed by atoms with Crippen molar-refractivity contribution in [3.63, 3.8) is 0 Å². The number of pyridine rings is 1. The number of carbonyl (C=O) groups is 3. The van der Waals surface area contributed by atoms with E-state index in [0.717, 1.165) is 0 Å². The van der Waals surface area contributed by atoms with Gasteiger partial charge < -0.3 is 15.4 Å². The average molecular weight is 403 g/mol. The number of carbonyl (C=O) groups excluding carboxylic acids is 3. The van der Waals surface area contributed by atoms with Crippen molar-refractivity contribution in [2.75, 3.05) is 10.6 Å². The molecule has 1 unspecified atom stereocenters. The molecule has 3 aromatic rings. The molecule has 2 N–H and O–H groups in total. The lowest BCUT2D eigenvalue weighted by atomic mass is 10.1. The highest BCUT2D eigenvalue weighted by molar-refractivity contribution is 6.04. The van der Waals surface area contributed by atoms with E-state index in [1.807, 2.05) is 0 Å². The summed E-state index contributed by atoms with van der Waals surface area (Å²) >= 11 is 0. The monoisotopic (exact) mass is 403 g/mol. The molecule has 0 saturated carbocycles. The molecule has 0 radical (unpaired) electrons. The van der Waals surface area contributed by atoms with Crippen LogP contribution in [0, 0.1) is 0 Å². The van der Waals surface area contributed by atoms with Gasteiger partial charge in [-0.25, -0.2) is 0 Å². The largest absolute Gasteiger partial charge is 0.481 e. The van der Waals surface area contributed by atoms with E-state index in [2.05, 4.69) is 15.6 Å². The lowest BCUT2D eigenvalue weighted by Crippen LogP contribution is -2.30. The van der Waals surface area contributed by atoms with Crippen LogP contribution in [-0.2, 0) is 4.79 Å². The molecule has 0 aliphatic carbocycles. The summed E-state index contributed by atoms with van der Waals surface area (Å²) in [7, 11) is 0. The number of hydrogen-bond donors (Lipinski definition) is 2. The normalized spacial score (nSPS) is 11.3. The van der Waals surface area contributed by atoms with Crippen molar-refractivity contribution in [2.24, 2.45) is 0 Å². The summed E-state index contributed by atoms with van der Waals surface area (Å²) in [6.45, 7) is 3.08. The van der Waals surface area contributed by atoms with Crippen molar-refractivity contribution in [2.45, 2.75) is 20.0 Å². The van der Waals surface area contributed by atoms with Crippen LogP contribution in [0.1, 0.15) is 34.6 Å². The number of benzene rings is 2. The highest BCUT2D eigenvalue weighted by Crippen LogP contribution is 2.18. The number of ketones is 1. The van der Waals surface area contributed by atoms with E-state index in [1.54, 1.807) is 80.0 Å². The van der Waals surface area contributed by atoms with Crippen molar-refractivity contribution in [1.82, 2.24) is 4.98 Å². The summed E-state index contributed by atoms with van der Waals surface area (Å²) < 4.78 is 5.65. The predicted molar refractivity (Wildman–Crippen MR) is 114 cm³/mol. The molecular formula is C23H21N3O4. The van der Waals surface area contributed by atoms with E-state index in [4.69, 9.17) is 4.74 Å². The number of aromatic nitrogens is 1. The maximum absolute atomic E-state index is 12.5. The molecule has 1 heterocycles. The first-order chi connectivity index (χ1) is 14.4. The Kier molecular flexibility index (Phi) is 6.54. The molecule has 0 aliphatic rings. The molecular weight excluding hydrogens is 382 g/mol. The number of rotatable bonds is 7. The van der Waals surface area contributed by atoms with E-state index in [0.29, 0.717) is 28.3 Å². The fraction of sp³-hybridized carbons (Fsp3) is 0.130. The topological polar surface area (TPSA) is 97.4 Å². The molecule has 0 spiro atoms. The molecule has 7 heteroatoms. The van der Waals surface area contributed by atoms with Crippen LogP contribution in [0.2, 0.25) is 0 Å². The summed E-state index contributed by atoms with van der Waals surface area (Å²) in [5, 5.41) is 5.54. The SMILES string of the molecule is CC(=O)c1cccc(OC(C)C(=O)Nc2cccc(NC(=O)c3ccncc3)c2)c1. The average Bonchev–Trinajstić information content (AvgIpc) is 2.74. The van der Waals surface area contributed by atoms with E-state index < -0.39 is 6.10 Å². The molecule has 30 heavy (non-hydrogen) atoms. The van der Waals surface area contributed by atoms with Crippen LogP contribution in [0.4, 0.5) is 11.4 Å². The van der Waals surface area contributed by atoms with Crippen LogP contribution < -0.4 is 15.4 Å². The Morgan fingerprint density at radius 1 is 0.867 bits per heavy atom. The first-order valence-electron chi connectivity index (χ1n) is 9.32.